The van der Waals surface area contributed by atoms with E-state index >= 15 is 0 Å². The van der Waals surface area contributed by atoms with E-state index in [1.165, 1.54) is 10.9 Å². The molecule has 1 fully saturated rings. The van der Waals surface area contributed by atoms with E-state index in [1.807, 2.05) is 0 Å². The second-order valence-corrected chi connectivity index (χ2v) is 10.7. The van der Waals surface area contributed by atoms with Crippen molar-refractivity contribution in [3.63, 3.8) is 0 Å². The molecule has 2 unspecified atom stereocenters. The van der Waals surface area contributed by atoms with E-state index in [-0.39, 0.29) is 24.2 Å². The van der Waals surface area contributed by atoms with Gasteiger partial charge in [-0.1, -0.05) is 13.8 Å². The topological polar surface area (TPSA) is 186 Å². The van der Waals surface area contributed by atoms with Crippen molar-refractivity contribution in [3.8, 4) is 0 Å². The molecule has 2 aromatic heterocycles. The number of aliphatic hydroxyl groups excluding tert-OH is 2. The van der Waals surface area contributed by atoms with Crippen LogP contribution in [0, 0.1) is 0 Å². The summed E-state index contributed by atoms with van der Waals surface area (Å²) >= 11 is 0. The molecule has 0 aliphatic carbocycles. The molecular weight excluding hydrogens is 429 g/mol. The SMILES string of the molecule is CCC(O)(CC)P(=O)(O)OC(C)(C)C1c2nc3c(N)ncnc3n2[C@@H]2O[C@H]1[C@@H](O)[C@H]2O. The fourth-order valence-corrected chi connectivity index (χ4v) is 6.27. The van der Waals surface area contributed by atoms with Crippen molar-refractivity contribution in [2.45, 2.75) is 81.9 Å². The first-order chi connectivity index (χ1) is 14.4. The highest BCUT2D eigenvalue weighted by Crippen LogP contribution is 2.62. The summed E-state index contributed by atoms with van der Waals surface area (Å²) in [6.45, 7) is 6.28. The Labute approximate surface area is 178 Å². The average Bonchev–Trinajstić information content (AvgIpc) is 3.20. The van der Waals surface area contributed by atoms with Gasteiger partial charge in [0.05, 0.1) is 11.5 Å². The number of fused-ring (bicyclic) bond motifs is 6. The van der Waals surface area contributed by atoms with Gasteiger partial charge in [-0.15, -0.1) is 0 Å². The van der Waals surface area contributed by atoms with Gasteiger partial charge in [0.1, 0.15) is 30.5 Å². The number of aromatic nitrogens is 4. The highest BCUT2D eigenvalue weighted by molar-refractivity contribution is 7.54. The molecule has 4 heterocycles. The van der Waals surface area contributed by atoms with Crippen LogP contribution in [0.15, 0.2) is 6.33 Å². The third-order valence-corrected chi connectivity index (χ3v) is 8.84. The zero-order valence-electron chi connectivity index (χ0n) is 17.7. The van der Waals surface area contributed by atoms with Crippen molar-refractivity contribution >= 4 is 24.6 Å². The number of hydrogen-bond acceptors (Lipinski definition) is 10. The Hall–Kier alpha value is -1.66. The zero-order chi connectivity index (χ0) is 22.9. The van der Waals surface area contributed by atoms with Crippen molar-refractivity contribution in [2.75, 3.05) is 5.73 Å². The number of nitrogens with two attached hydrogens (primary N) is 1. The number of nitrogens with zero attached hydrogens (tertiary/aromatic N) is 4. The van der Waals surface area contributed by atoms with Gasteiger partial charge in [-0.2, -0.15) is 0 Å². The third-order valence-electron chi connectivity index (χ3n) is 6.44. The molecule has 172 valence electrons. The molecule has 0 saturated carbocycles. The molecule has 4 rings (SSSR count). The minimum atomic E-state index is -4.55. The molecule has 2 aliphatic heterocycles. The van der Waals surface area contributed by atoms with E-state index in [4.69, 9.17) is 15.0 Å². The van der Waals surface area contributed by atoms with Crippen LogP contribution < -0.4 is 5.73 Å². The van der Waals surface area contributed by atoms with Crippen LogP contribution in [-0.2, 0) is 13.8 Å². The molecule has 0 radical (unpaired) electrons. The molecule has 12 nitrogen and oxygen atoms in total. The van der Waals surface area contributed by atoms with Gasteiger partial charge < -0.3 is 30.7 Å². The molecule has 6 N–H and O–H groups in total. The Kier molecular flexibility index (Phi) is 5.21. The summed E-state index contributed by atoms with van der Waals surface area (Å²) in [7, 11) is -4.55. The van der Waals surface area contributed by atoms with E-state index in [0.717, 1.165) is 0 Å². The summed E-state index contributed by atoms with van der Waals surface area (Å²) in [5.74, 6) is -0.460. The fourth-order valence-electron chi connectivity index (χ4n) is 4.55. The summed E-state index contributed by atoms with van der Waals surface area (Å²) < 4.78 is 26.2. The average molecular weight is 457 g/mol. The van der Waals surface area contributed by atoms with Crippen molar-refractivity contribution < 1.29 is 34.0 Å². The van der Waals surface area contributed by atoms with Gasteiger partial charge in [0.25, 0.3) is 0 Å². The predicted molar refractivity (Wildman–Crippen MR) is 109 cm³/mol. The van der Waals surface area contributed by atoms with Gasteiger partial charge in [-0.05, 0) is 26.7 Å². The van der Waals surface area contributed by atoms with Crippen LogP contribution in [0.2, 0.25) is 0 Å². The summed E-state index contributed by atoms with van der Waals surface area (Å²) in [5, 5.41) is 30.0. The van der Waals surface area contributed by atoms with Gasteiger partial charge in [0.2, 0.25) is 0 Å². The normalized spacial score (nSPS) is 30.4. The lowest BCUT2D eigenvalue weighted by Crippen LogP contribution is -2.47. The van der Waals surface area contributed by atoms with Crippen molar-refractivity contribution in [2.24, 2.45) is 0 Å². The maximum Gasteiger partial charge on any atom is 0.359 e. The van der Waals surface area contributed by atoms with E-state index < -0.39 is 49.0 Å². The number of rotatable bonds is 6. The number of aliphatic hydroxyl groups is 3. The quantitative estimate of drug-likeness (QED) is 0.383. The first kappa shape index (κ1) is 22.5. The first-order valence-corrected chi connectivity index (χ1v) is 11.7. The maximum atomic E-state index is 13.1. The third kappa shape index (κ3) is 3.12. The molecule has 2 aromatic rings. The lowest BCUT2D eigenvalue weighted by molar-refractivity contribution is -0.104. The molecule has 0 amide bonds. The largest absolute Gasteiger partial charge is 0.387 e. The van der Waals surface area contributed by atoms with Gasteiger partial charge in [-0.3, -0.25) is 13.7 Å². The zero-order valence-corrected chi connectivity index (χ0v) is 18.6. The fraction of sp³-hybridized carbons (Fsp3) is 0.722. The Morgan fingerprint density at radius 3 is 2.52 bits per heavy atom. The van der Waals surface area contributed by atoms with Crippen LogP contribution in [0.5, 0.6) is 0 Å². The van der Waals surface area contributed by atoms with Crippen molar-refractivity contribution in [1.29, 1.82) is 0 Å². The number of anilines is 1. The van der Waals surface area contributed by atoms with E-state index in [2.05, 4.69) is 15.0 Å². The lowest BCUT2D eigenvalue weighted by Gasteiger charge is -2.43. The molecule has 2 bridgehead atoms. The van der Waals surface area contributed by atoms with Gasteiger partial charge in [0, 0.05) is 0 Å². The van der Waals surface area contributed by atoms with E-state index in [1.54, 1.807) is 27.7 Å². The molecule has 0 aromatic carbocycles. The van der Waals surface area contributed by atoms with Crippen molar-refractivity contribution in [3.05, 3.63) is 12.2 Å². The van der Waals surface area contributed by atoms with Gasteiger partial charge >= 0.3 is 7.60 Å². The highest BCUT2D eigenvalue weighted by atomic mass is 31.2. The molecule has 1 saturated heterocycles. The monoisotopic (exact) mass is 457 g/mol. The number of imidazole rings is 1. The number of ether oxygens (including phenoxy) is 1. The van der Waals surface area contributed by atoms with Crippen LogP contribution in [0.1, 0.15) is 58.5 Å². The highest BCUT2D eigenvalue weighted by Gasteiger charge is 2.60. The minimum absolute atomic E-state index is 0.00595. The van der Waals surface area contributed by atoms with Crippen LogP contribution in [0.3, 0.4) is 0 Å². The Morgan fingerprint density at radius 1 is 1.26 bits per heavy atom. The van der Waals surface area contributed by atoms with Crippen molar-refractivity contribution in [1.82, 2.24) is 19.5 Å². The van der Waals surface area contributed by atoms with Gasteiger partial charge in [-0.25, -0.2) is 15.0 Å². The molecule has 2 aliphatic rings. The van der Waals surface area contributed by atoms with Crippen LogP contribution in [0.25, 0.3) is 11.2 Å². The second kappa shape index (κ2) is 7.17. The maximum absolute atomic E-state index is 13.1. The summed E-state index contributed by atoms with van der Waals surface area (Å²) in [5.41, 5.74) is 5.07. The van der Waals surface area contributed by atoms with E-state index in [0.29, 0.717) is 11.5 Å². The van der Waals surface area contributed by atoms with Crippen LogP contribution in [-0.4, -0.2) is 69.0 Å². The first-order valence-electron chi connectivity index (χ1n) is 10.1. The van der Waals surface area contributed by atoms with Gasteiger partial charge in [0.15, 0.2) is 28.6 Å². The van der Waals surface area contributed by atoms with Crippen LogP contribution >= 0.6 is 7.60 Å². The van der Waals surface area contributed by atoms with Crippen LogP contribution in [0.4, 0.5) is 5.82 Å². The molecule has 31 heavy (non-hydrogen) atoms. The second-order valence-electron chi connectivity index (χ2n) is 8.63. The van der Waals surface area contributed by atoms with E-state index in [9.17, 15) is 24.8 Å². The molecule has 13 heteroatoms. The summed E-state index contributed by atoms with van der Waals surface area (Å²) in [4.78, 5) is 23.4. The number of nitrogen functional groups attached to an aromatic ring is 1. The predicted octanol–water partition coefficient (Wildman–Crippen LogP) is 0.614. The molecule has 6 atom stereocenters. The minimum Gasteiger partial charge on any atom is -0.387 e. The summed E-state index contributed by atoms with van der Waals surface area (Å²) in [6, 6.07) is 0. The molecule has 0 spiro atoms. The lowest BCUT2D eigenvalue weighted by atomic mass is 9.83. The Bertz CT molecular complexity index is 1060. The number of hydrogen-bond donors (Lipinski definition) is 5. The smallest absolute Gasteiger partial charge is 0.359 e. The Morgan fingerprint density at radius 2 is 1.90 bits per heavy atom. The standard InChI is InChI=1S/C18H28N5O7P/c1-5-18(26,6-2)31(27,28)30-17(3,4)8-12-10(24)11(25)16(29-12)23-14(8)22-9-13(19)20-7-21-15(9)23/h7-8,10-12,16,24-26H,5-6H2,1-4H3,(H,27,28)(H2,19,20,21)/t8?,10-,11+,12+,16+/m0/s1. The Balaban J connectivity index is 1.86. The summed E-state index contributed by atoms with van der Waals surface area (Å²) in [6.07, 6.45) is -3.28. The molecular formula is C18H28N5O7P.